The first-order valence-corrected chi connectivity index (χ1v) is 8.28. The average Bonchev–Trinajstić information content (AvgIpc) is 2.86. The number of hydrogen-bond acceptors (Lipinski definition) is 3. The van der Waals surface area contributed by atoms with Crippen LogP contribution in [-0.2, 0) is 11.3 Å². The molecule has 1 N–H and O–H groups in total. The van der Waals surface area contributed by atoms with Crippen LogP contribution in [0, 0.1) is 6.92 Å². The Morgan fingerprint density at radius 1 is 1.52 bits per heavy atom. The van der Waals surface area contributed by atoms with E-state index in [1.807, 2.05) is 4.90 Å². The van der Waals surface area contributed by atoms with Crippen LogP contribution in [0.4, 0.5) is 8.78 Å². The topological polar surface area (TPSA) is 50.2 Å². The highest BCUT2D eigenvalue weighted by Gasteiger charge is 2.44. The molecule has 2 atom stereocenters. The quantitative estimate of drug-likeness (QED) is 0.927. The van der Waals surface area contributed by atoms with Crippen molar-refractivity contribution >= 4 is 5.91 Å². The fourth-order valence-electron chi connectivity index (χ4n) is 4.02. The second-order valence-electron chi connectivity index (χ2n) is 6.86. The minimum absolute atomic E-state index is 0.0578. The summed E-state index contributed by atoms with van der Waals surface area (Å²) in [5.41, 5.74) is 0.269. The predicted octanol–water partition coefficient (Wildman–Crippen LogP) is 2.26. The molecular weight excluding hydrogens is 302 g/mol. The van der Waals surface area contributed by atoms with E-state index in [4.69, 9.17) is 0 Å². The number of piperidine rings is 2. The first-order chi connectivity index (χ1) is 10.9. The molecule has 3 rings (SSSR count). The number of halogens is 2. The summed E-state index contributed by atoms with van der Waals surface area (Å²) in [6.07, 6.45) is 1.37. The van der Waals surface area contributed by atoms with Crippen LogP contribution >= 0.6 is 0 Å². The Hall–Kier alpha value is -1.50. The third-order valence-electron chi connectivity index (χ3n) is 5.15. The van der Waals surface area contributed by atoms with Crippen molar-refractivity contribution in [1.29, 1.82) is 0 Å². The van der Waals surface area contributed by atoms with Crippen molar-refractivity contribution in [2.24, 2.45) is 0 Å². The highest BCUT2D eigenvalue weighted by molar-refractivity contribution is 5.76. The molecule has 2 aliphatic heterocycles. The molecule has 2 fully saturated rings. The lowest BCUT2D eigenvalue weighted by Crippen LogP contribution is -2.66. The van der Waals surface area contributed by atoms with Crippen molar-refractivity contribution in [2.45, 2.75) is 64.1 Å². The van der Waals surface area contributed by atoms with E-state index in [0.29, 0.717) is 12.2 Å². The van der Waals surface area contributed by atoms with Crippen molar-refractivity contribution < 1.29 is 13.6 Å². The van der Waals surface area contributed by atoms with Gasteiger partial charge in [0.05, 0.1) is 5.69 Å². The van der Waals surface area contributed by atoms with Crippen LogP contribution in [0.15, 0.2) is 6.07 Å². The van der Waals surface area contributed by atoms with Gasteiger partial charge in [-0.1, -0.05) is 0 Å². The number of carbonyl (C=O) groups is 1. The SMILES string of the molecule is Cc1cc(C(F)F)n(CC(=O)N2CCC[C@]3(C)NCCC[C@@H]23)n1. The molecule has 0 bridgehead atoms. The molecule has 128 valence electrons. The van der Waals surface area contributed by atoms with E-state index in [1.165, 1.54) is 6.07 Å². The zero-order valence-corrected chi connectivity index (χ0v) is 13.7. The van der Waals surface area contributed by atoms with Gasteiger partial charge >= 0.3 is 0 Å². The van der Waals surface area contributed by atoms with Gasteiger partial charge in [-0.05, 0) is 52.1 Å². The van der Waals surface area contributed by atoms with Crippen LogP contribution in [-0.4, -0.2) is 45.3 Å². The molecule has 0 unspecified atom stereocenters. The second kappa shape index (κ2) is 6.19. The fraction of sp³-hybridized carbons (Fsp3) is 0.750. The van der Waals surface area contributed by atoms with Crippen LogP contribution in [0.25, 0.3) is 0 Å². The van der Waals surface area contributed by atoms with Crippen LogP contribution in [0.1, 0.15) is 50.4 Å². The van der Waals surface area contributed by atoms with E-state index < -0.39 is 6.43 Å². The predicted molar refractivity (Wildman–Crippen MR) is 82.3 cm³/mol. The minimum Gasteiger partial charge on any atom is -0.336 e. The van der Waals surface area contributed by atoms with Gasteiger partial charge in [0.25, 0.3) is 6.43 Å². The first kappa shape index (κ1) is 16.4. The number of alkyl halides is 2. The zero-order chi connectivity index (χ0) is 16.6. The molecule has 5 nitrogen and oxygen atoms in total. The molecule has 0 aromatic carbocycles. The molecule has 1 aromatic heterocycles. The molecule has 0 radical (unpaired) electrons. The summed E-state index contributed by atoms with van der Waals surface area (Å²) in [5.74, 6) is -0.116. The number of aromatic nitrogens is 2. The molecular formula is C16H24F2N4O. The van der Waals surface area contributed by atoms with E-state index in [-0.39, 0.29) is 29.7 Å². The van der Waals surface area contributed by atoms with E-state index in [2.05, 4.69) is 17.3 Å². The Morgan fingerprint density at radius 3 is 3.04 bits per heavy atom. The lowest BCUT2D eigenvalue weighted by molar-refractivity contribution is -0.139. The summed E-state index contributed by atoms with van der Waals surface area (Å²) < 4.78 is 27.3. The summed E-state index contributed by atoms with van der Waals surface area (Å²) in [6, 6.07) is 1.49. The van der Waals surface area contributed by atoms with Crippen LogP contribution < -0.4 is 5.32 Å². The van der Waals surface area contributed by atoms with E-state index >= 15 is 0 Å². The van der Waals surface area contributed by atoms with Crippen molar-refractivity contribution in [3.8, 4) is 0 Å². The normalized spacial score (nSPS) is 28.0. The summed E-state index contributed by atoms with van der Waals surface area (Å²) >= 11 is 0. The fourth-order valence-corrected chi connectivity index (χ4v) is 4.02. The maximum Gasteiger partial charge on any atom is 0.280 e. The number of nitrogens with one attached hydrogen (secondary N) is 1. The van der Waals surface area contributed by atoms with Crippen LogP contribution in [0.3, 0.4) is 0 Å². The lowest BCUT2D eigenvalue weighted by Gasteiger charge is -2.51. The molecule has 2 aliphatic rings. The molecule has 7 heteroatoms. The Kier molecular flexibility index (Phi) is 4.40. The average molecular weight is 326 g/mol. The monoisotopic (exact) mass is 326 g/mol. The standard InChI is InChI=1S/C16H24F2N4O/c1-11-9-12(15(17)18)22(20-11)10-14(23)21-8-4-6-16(2)13(21)5-3-7-19-16/h9,13,15,19H,3-8,10H2,1-2H3/t13-,16+/m1/s1. The summed E-state index contributed by atoms with van der Waals surface area (Å²) in [5, 5.41) is 7.61. The van der Waals surface area contributed by atoms with Gasteiger partial charge in [0.2, 0.25) is 5.91 Å². The number of carbonyl (C=O) groups excluding carboxylic acids is 1. The number of nitrogens with zero attached hydrogens (tertiary/aromatic N) is 3. The van der Waals surface area contributed by atoms with Crippen LogP contribution in [0.2, 0.25) is 0 Å². The smallest absolute Gasteiger partial charge is 0.280 e. The Balaban J connectivity index is 1.77. The molecule has 0 saturated carbocycles. The second-order valence-corrected chi connectivity index (χ2v) is 6.86. The summed E-state index contributed by atoms with van der Waals surface area (Å²) in [6.45, 7) is 5.39. The third-order valence-corrected chi connectivity index (χ3v) is 5.15. The van der Waals surface area contributed by atoms with Crippen molar-refractivity contribution in [2.75, 3.05) is 13.1 Å². The number of likely N-dealkylation sites (tertiary alicyclic amines) is 1. The Labute approximate surface area is 135 Å². The molecule has 1 aromatic rings. The zero-order valence-electron chi connectivity index (χ0n) is 13.7. The van der Waals surface area contributed by atoms with E-state index in [1.54, 1.807) is 6.92 Å². The molecule has 2 saturated heterocycles. The van der Waals surface area contributed by atoms with Crippen LogP contribution in [0.5, 0.6) is 0 Å². The van der Waals surface area contributed by atoms with Crippen molar-refractivity contribution in [3.05, 3.63) is 17.5 Å². The highest BCUT2D eigenvalue weighted by Crippen LogP contribution is 2.33. The third kappa shape index (κ3) is 3.11. The van der Waals surface area contributed by atoms with Gasteiger partial charge in [-0.3, -0.25) is 9.48 Å². The van der Waals surface area contributed by atoms with Gasteiger partial charge in [0.15, 0.2) is 0 Å². The van der Waals surface area contributed by atoms with Gasteiger partial charge in [-0.15, -0.1) is 0 Å². The molecule has 23 heavy (non-hydrogen) atoms. The number of amides is 1. The maximum atomic E-state index is 13.1. The summed E-state index contributed by atoms with van der Waals surface area (Å²) in [7, 11) is 0. The van der Waals surface area contributed by atoms with Gasteiger partial charge in [0.1, 0.15) is 12.2 Å². The maximum absolute atomic E-state index is 13.1. The van der Waals surface area contributed by atoms with Gasteiger partial charge in [-0.25, -0.2) is 8.78 Å². The first-order valence-electron chi connectivity index (χ1n) is 8.28. The van der Waals surface area contributed by atoms with E-state index in [0.717, 1.165) is 36.9 Å². The largest absolute Gasteiger partial charge is 0.336 e. The molecule has 3 heterocycles. The lowest BCUT2D eigenvalue weighted by atomic mass is 9.78. The van der Waals surface area contributed by atoms with Gasteiger partial charge in [0, 0.05) is 18.1 Å². The molecule has 1 amide bonds. The number of hydrogen-bond donors (Lipinski definition) is 1. The van der Waals surface area contributed by atoms with Gasteiger partial charge in [-0.2, -0.15) is 5.10 Å². The van der Waals surface area contributed by atoms with Crippen molar-refractivity contribution in [1.82, 2.24) is 20.0 Å². The summed E-state index contributed by atoms with van der Waals surface area (Å²) in [4.78, 5) is 14.6. The van der Waals surface area contributed by atoms with Crippen molar-refractivity contribution in [3.63, 3.8) is 0 Å². The number of aryl methyl sites for hydroxylation is 1. The Morgan fingerprint density at radius 2 is 2.30 bits per heavy atom. The molecule has 0 aliphatic carbocycles. The minimum atomic E-state index is -2.62. The number of rotatable bonds is 3. The van der Waals surface area contributed by atoms with Gasteiger partial charge < -0.3 is 10.2 Å². The number of fused-ring (bicyclic) bond motifs is 1. The molecule has 0 spiro atoms. The van der Waals surface area contributed by atoms with E-state index in [9.17, 15) is 13.6 Å². The highest BCUT2D eigenvalue weighted by atomic mass is 19.3. The Bertz CT molecular complexity index is 585.